The van der Waals surface area contributed by atoms with Crippen LogP contribution >= 0.6 is 0 Å². The normalized spacial score (nSPS) is 24.9. The quantitative estimate of drug-likeness (QED) is 0.808. The Morgan fingerprint density at radius 3 is 2.59 bits per heavy atom. The van der Waals surface area contributed by atoms with Gasteiger partial charge in [0.25, 0.3) is 0 Å². The molecule has 5 heteroatoms. The van der Waals surface area contributed by atoms with Crippen LogP contribution in [0, 0.1) is 17.5 Å². The van der Waals surface area contributed by atoms with Gasteiger partial charge in [-0.2, -0.15) is 0 Å². The van der Waals surface area contributed by atoms with Crippen molar-refractivity contribution in [3.63, 3.8) is 0 Å². The highest BCUT2D eigenvalue weighted by Gasteiger charge is 2.26. The van der Waals surface area contributed by atoms with Crippen LogP contribution in [0.3, 0.4) is 0 Å². The Morgan fingerprint density at radius 1 is 1.18 bits per heavy atom. The van der Waals surface area contributed by atoms with Crippen molar-refractivity contribution < 1.29 is 17.9 Å². The minimum absolute atomic E-state index is 0.0869. The van der Waals surface area contributed by atoms with E-state index >= 15 is 0 Å². The molecule has 1 saturated heterocycles. The summed E-state index contributed by atoms with van der Waals surface area (Å²) in [7, 11) is 1.81. The molecule has 1 fully saturated rings. The standard InChI is InChI=1S/C12H14F3NO/c1-16-7-2-3-17-12(4-7)8-5-10(14)11(15)6-9(8)13/h5-7,12,16H,2-4H2,1H3. The van der Waals surface area contributed by atoms with Gasteiger partial charge in [0.15, 0.2) is 11.6 Å². The molecule has 17 heavy (non-hydrogen) atoms. The monoisotopic (exact) mass is 245 g/mol. The minimum Gasteiger partial charge on any atom is -0.373 e. The molecule has 1 aromatic rings. The Labute approximate surface area is 97.8 Å². The van der Waals surface area contributed by atoms with E-state index in [0.29, 0.717) is 19.1 Å². The third-order valence-electron chi connectivity index (χ3n) is 3.08. The van der Waals surface area contributed by atoms with E-state index in [4.69, 9.17) is 4.74 Å². The summed E-state index contributed by atoms with van der Waals surface area (Å²) < 4.78 is 44.8. The summed E-state index contributed by atoms with van der Waals surface area (Å²) in [4.78, 5) is 0. The van der Waals surface area contributed by atoms with E-state index < -0.39 is 23.6 Å². The maximum absolute atomic E-state index is 13.5. The highest BCUT2D eigenvalue weighted by molar-refractivity contribution is 5.23. The number of rotatable bonds is 2. The third-order valence-corrected chi connectivity index (χ3v) is 3.08. The Balaban J connectivity index is 2.24. The predicted octanol–water partition coefficient (Wildman–Crippen LogP) is 2.54. The lowest BCUT2D eigenvalue weighted by Gasteiger charge is -2.29. The van der Waals surface area contributed by atoms with E-state index in [0.717, 1.165) is 12.5 Å². The van der Waals surface area contributed by atoms with Crippen LogP contribution in [0.5, 0.6) is 0 Å². The number of hydrogen-bond donors (Lipinski definition) is 1. The zero-order valence-electron chi connectivity index (χ0n) is 9.47. The average Bonchev–Trinajstić information content (AvgIpc) is 2.34. The third kappa shape index (κ3) is 2.61. The second-order valence-corrected chi connectivity index (χ2v) is 4.16. The molecule has 0 spiro atoms. The highest BCUT2D eigenvalue weighted by Crippen LogP contribution is 2.30. The second kappa shape index (κ2) is 5.06. The van der Waals surface area contributed by atoms with Crippen molar-refractivity contribution in [1.29, 1.82) is 0 Å². The first-order valence-electron chi connectivity index (χ1n) is 5.55. The van der Waals surface area contributed by atoms with Crippen LogP contribution in [-0.4, -0.2) is 19.7 Å². The number of ether oxygens (including phenoxy) is 1. The lowest BCUT2D eigenvalue weighted by atomic mass is 9.97. The van der Waals surface area contributed by atoms with Crippen LogP contribution in [0.15, 0.2) is 12.1 Å². The lowest BCUT2D eigenvalue weighted by molar-refractivity contribution is -0.000659. The molecule has 1 aliphatic heterocycles. The van der Waals surface area contributed by atoms with Gasteiger partial charge in [-0.1, -0.05) is 0 Å². The van der Waals surface area contributed by atoms with Gasteiger partial charge < -0.3 is 10.1 Å². The van der Waals surface area contributed by atoms with Crippen LogP contribution in [0.2, 0.25) is 0 Å². The van der Waals surface area contributed by atoms with Crippen molar-refractivity contribution in [2.45, 2.75) is 25.0 Å². The smallest absolute Gasteiger partial charge is 0.161 e. The molecule has 1 aromatic carbocycles. The number of halogens is 3. The van der Waals surface area contributed by atoms with E-state index in [1.54, 1.807) is 0 Å². The van der Waals surface area contributed by atoms with Gasteiger partial charge in [0.05, 0.1) is 6.10 Å². The van der Waals surface area contributed by atoms with E-state index in [2.05, 4.69) is 5.32 Å². The summed E-state index contributed by atoms with van der Waals surface area (Å²) in [5.41, 5.74) is 0.0869. The van der Waals surface area contributed by atoms with Crippen molar-refractivity contribution in [3.05, 3.63) is 35.1 Å². The molecule has 2 nitrogen and oxygen atoms in total. The molecule has 0 aromatic heterocycles. The molecule has 0 bridgehead atoms. The molecule has 1 aliphatic rings. The Hall–Kier alpha value is -1.07. The minimum atomic E-state index is -1.17. The first kappa shape index (κ1) is 12.4. The van der Waals surface area contributed by atoms with Gasteiger partial charge >= 0.3 is 0 Å². The van der Waals surface area contributed by atoms with Gasteiger partial charge in [-0.15, -0.1) is 0 Å². The van der Waals surface area contributed by atoms with Crippen molar-refractivity contribution in [3.8, 4) is 0 Å². The van der Waals surface area contributed by atoms with E-state index in [1.165, 1.54) is 0 Å². The van der Waals surface area contributed by atoms with Crippen molar-refractivity contribution in [1.82, 2.24) is 5.32 Å². The summed E-state index contributed by atoms with van der Waals surface area (Å²) in [6.07, 6.45) is 0.868. The average molecular weight is 245 g/mol. The molecule has 0 saturated carbocycles. The molecular weight excluding hydrogens is 231 g/mol. The molecule has 2 unspecified atom stereocenters. The topological polar surface area (TPSA) is 21.3 Å². The van der Waals surface area contributed by atoms with Gasteiger partial charge in [-0.3, -0.25) is 0 Å². The van der Waals surface area contributed by atoms with Gasteiger partial charge in [-0.25, -0.2) is 13.2 Å². The van der Waals surface area contributed by atoms with Crippen LogP contribution < -0.4 is 5.32 Å². The van der Waals surface area contributed by atoms with E-state index in [-0.39, 0.29) is 11.6 Å². The second-order valence-electron chi connectivity index (χ2n) is 4.16. The van der Waals surface area contributed by atoms with Gasteiger partial charge in [0.2, 0.25) is 0 Å². The van der Waals surface area contributed by atoms with E-state index in [9.17, 15) is 13.2 Å². The maximum atomic E-state index is 13.5. The molecule has 2 atom stereocenters. The summed E-state index contributed by atoms with van der Waals surface area (Å²) >= 11 is 0. The molecule has 1 heterocycles. The summed E-state index contributed by atoms with van der Waals surface area (Å²) in [5, 5.41) is 3.08. The summed E-state index contributed by atoms with van der Waals surface area (Å²) in [5.74, 6) is -2.98. The molecule has 1 N–H and O–H groups in total. The first-order chi connectivity index (χ1) is 8.11. The first-order valence-corrected chi connectivity index (χ1v) is 5.55. The Morgan fingerprint density at radius 2 is 1.88 bits per heavy atom. The van der Waals surface area contributed by atoms with Crippen LogP contribution in [0.25, 0.3) is 0 Å². The SMILES string of the molecule is CNC1CCOC(c2cc(F)c(F)cc2F)C1. The van der Waals surface area contributed by atoms with Gasteiger partial charge in [0.1, 0.15) is 5.82 Å². The lowest BCUT2D eigenvalue weighted by Crippen LogP contribution is -2.33. The molecule has 0 aliphatic carbocycles. The van der Waals surface area contributed by atoms with Crippen molar-refractivity contribution >= 4 is 0 Å². The van der Waals surface area contributed by atoms with Crippen LogP contribution in [0.1, 0.15) is 24.5 Å². The number of benzene rings is 1. The largest absolute Gasteiger partial charge is 0.373 e. The predicted molar refractivity (Wildman–Crippen MR) is 57.1 cm³/mol. The fourth-order valence-corrected chi connectivity index (χ4v) is 2.06. The molecule has 0 amide bonds. The van der Waals surface area contributed by atoms with Gasteiger partial charge in [-0.05, 0) is 26.0 Å². The fourth-order valence-electron chi connectivity index (χ4n) is 2.06. The number of nitrogens with one attached hydrogen (secondary N) is 1. The Kier molecular flexibility index (Phi) is 3.69. The molecule has 2 rings (SSSR count). The van der Waals surface area contributed by atoms with Gasteiger partial charge in [0, 0.05) is 24.3 Å². The fraction of sp³-hybridized carbons (Fsp3) is 0.500. The van der Waals surface area contributed by atoms with Crippen molar-refractivity contribution in [2.24, 2.45) is 0 Å². The molecule has 94 valence electrons. The maximum Gasteiger partial charge on any atom is 0.161 e. The van der Waals surface area contributed by atoms with Crippen LogP contribution in [0.4, 0.5) is 13.2 Å². The Bertz CT molecular complexity index is 411. The number of hydrogen-bond acceptors (Lipinski definition) is 2. The van der Waals surface area contributed by atoms with E-state index in [1.807, 2.05) is 7.05 Å². The van der Waals surface area contributed by atoms with Crippen LogP contribution in [-0.2, 0) is 4.74 Å². The molecular formula is C12H14F3NO. The summed E-state index contributed by atoms with van der Waals surface area (Å²) in [6.45, 7) is 0.481. The van der Waals surface area contributed by atoms with Crippen molar-refractivity contribution in [2.75, 3.05) is 13.7 Å². The zero-order chi connectivity index (χ0) is 12.4. The summed E-state index contributed by atoms with van der Waals surface area (Å²) in [6, 6.07) is 1.66. The highest BCUT2D eigenvalue weighted by atomic mass is 19.2. The zero-order valence-corrected chi connectivity index (χ0v) is 9.47. The molecule has 0 radical (unpaired) electrons.